The van der Waals surface area contributed by atoms with Crippen molar-refractivity contribution in [2.24, 2.45) is 5.14 Å². The number of anilines is 2. The third-order valence-corrected chi connectivity index (χ3v) is 4.78. The molecular weight excluding hydrogens is 359 g/mol. The predicted molar refractivity (Wildman–Crippen MR) is 99.0 cm³/mol. The van der Waals surface area contributed by atoms with Crippen LogP contribution in [0.15, 0.2) is 30.5 Å². The van der Waals surface area contributed by atoms with Crippen LogP contribution >= 0.6 is 0 Å². The average Bonchev–Trinajstić information content (AvgIpc) is 2.62. The van der Waals surface area contributed by atoms with Crippen LogP contribution in [0.1, 0.15) is 0 Å². The van der Waals surface area contributed by atoms with Crippen LogP contribution in [0.3, 0.4) is 0 Å². The first-order valence-corrected chi connectivity index (χ1v) is 9.97. The first kappa shape index (κ1) is 18.5. The molecular formula is C16H21FN6O2S. The summed E-state index contributed by atoms with van der Waals surface area (Å²) in [6, 6.07) is 5.97. The van der Waals surface area contributed by atoms with Crippen molar-refractivity contribution in [3.8, 4) is 11.1 Å². The highest BCUT2D eigenvalue weighted by Crippen LogP contribution is 2.27. The number of hydrogen-bond acceptors (Lipinski definition) is 7. The molecule has 1 aromatic heterocycles. The molecule has 0 saturated carbocycles. The smallest absolute Gasteiger partial charge is 0.227 e. The van der Waals surface area contributed by atoms with E-state index in [-0.39, 0.29) is 18.1 Å². The second-order valence-corrected chi connectivity index (χ2v) is 7.70. The average molecular weight is 380 g/mol. The lowest BCUT2D eigenvalue weighted by molar-refractivity contribution is 0.580. The monoisotopic (exact) mass is 380 g/mol. The fraction of sp³-hybridized carbons (Fsp3) is 0.375. The SMILES string of the molecule is NS(=O)(=O)CCNc1nc(N2CCNCC2)ncc1-c1ccc(F)cc1. The Morgan fingerprint density at radius 3 is 2.58 bits per heavy atom. The molecule has 0 spiro atoms. The molecule has 8 nitrogen and oxygen atoms in total. The Morgan fingerprint density at radius 1 is 1.23 bits per heavy atom. The van der Waals surface area contributed by atoms with E-state index in [1.807, 2.05) is 0 Å². The largest absolute Gasteiger partial charge is 0.368 e. The van der Waals surface area contributed by atoms with Gasteiger partial charge in [-0.25, -0.2) is 22.9 Å². The minimum absolute atomic E-state index is 0.116. The Bertz CT molecular complexity index is 854. The van der Waals surface area contributed by atoms with Gasteiger partial charge in [-0.1, -0.05) is 12.1 Å². The number of piperazine rings is 1. The van der Waals surface area contributed by atoms with E-state index in [0.29, 0.717) is 17.3 Å². The normalized spacial score (nSPS) is 15.1. The first-order valence-electron chi connectivity index (χ1n) is 8.25. The van der Waals surface area contributed by atoms with Gasteiger partial charge in [-0.2, -0.15) is 4.98 Å². The molecule has 10 heteroatoms. The van der Waals surface area contributed by atoms with Crippen LogP contribution in [0, 0.1) is 5.82 Å². The van der Waals surface area contributed by atoms with Crippen molar-refractivity contribution in [3.63, 3.8) is 0 Å². The number of nitrogens with zero attached hydrogens (tertiary/aromatic N) is 3. The van der Waals surface area contributed by atoms with Crippen molar-refractivity contribution in [2.75, 3.05) is 48.7 Å². The molecule has 4 N–H and O–H groups in total. The number of nitrogens with two attached hydrogens (primary N) is 1. The minimum atomic E-state index is -3.58. The molecule has 1 fully saturated rings. The molecule has 0 bridgehead atoms. The van der Waals surface area contributed by atoms with Gasteiger partial charge < -0.3 is 15.5 Å². The van der Waals surface area contributed by atoms with Gasteiger partial charge >= 0.3 is 0 Å². The molecule has 3 rings (SSSR count). The van der Waals surface area contributed by atoms with Gasteiger partial charge in [-0.15, -0.1) is 0 Å². The molecule has 1 aromatic carbocycles. The summed E-state index contributed by atoms with van der Waals surface area (Å²) < 4.78 is 35.6. The van der Waals surface area contributed by atoms with Crippen LogP contribution in [0.5, 0.6) is 0 Å². The van der Waals surface area contributed by atoms with Gasteiger partial charge in [0.1, 0.15) is 11.6 Å². The third kappa shape index (κ3) is 4.87. The van der Waals surface area contributed by atoms with E-state index in [4.69, 9.17) is 5.14 Å². The Hall–Kier alpha value is -2.30. The fourth-order valence-corrected chi connectivity index (χ4v) is 3.06. The number of benzene rings is 1. The van der Waals surface area contributed by atoms with E-state index in [1.165, 1.54) is 12.1 Å². The van der Waals surface area contributed by atoms with E-state index in [1.54, 1.807) is 18.3 Å². The Balaban J connectivity index is 1.89. The second kappa shape index (κ2) is 7.94. The zero-order valence-corrected chi connectivity index (χ0v) is 15.0. The van der Waals surface area contributed by atoms with Crippen molar-refractivity contribution in [3.05, 3.63) is 36.3 Å². The van der Waals surface area contributed by atoms with Crippen molar-refractivity contribution < 1.29 is 12.8 Å². The van der Waals surface area contributed by atoms with Crippen LogP contribution in [0.4, 0.5) is 16.2 Å². The summed E-state index contributed by atoms with van der Waals surface area (Å²) in [4.78, 5) is 11.0. The Labute approximate surface area is 151 Å². The lowest BCUT2D eigenvalue weighted by Crippen LogP contribution is -2.44. The van der Waals surface area contributed by atoms with Crippen LogP contribution < -0.4 is 20.7 Å². The third-order valence-electron chi connectivity index (χ3n) is 4.01. The second-order valence-electron chi connectivity index (χ2n) is 5.97. The number of aromatic nitrogens is 2. The molecule has 0 unspecified atom stereocenters. The maximum Gasteiger partial charge on any atom is 0.227 e. The summed E-state index contributed by atoms with van der Waals surface area (Å²) in [5, 5.41) is 11.3. The van der Waals surface area contributed by atoms with Gasteiger partial charge in [0.15, 0.2) is 0 Å². The molecule has 26 heavy (non-hydrogen) atoms. The molecule has 0 amide bonds. The van der Waals surface area contributed by atoms with Crippen LogP contribution in [-0.2, 0) is 10.0 Å². The molecule has 1 aliphatic rings. The van der Waals surface area contributed by atoms with Gasteiger partial charge in [0.25, 0.3) is 0 Å². The van der Waals surface area contributed by atoms with Crippen molar-refractivity contribution in [2.45, 2.75) is 0 Å². The van der Waals surface area contributed by atoms with Gasteiger partial charge in [0.2, 0.25) is 16.0 Å². The van der Waals surface area contributed by atoms with E-state index in [9.17, 15) is 12.8 Å². The van der Waals surface area contributed by atoms with E-state index >= 15 is 0 Å². The summed E-state index contributed by atoms with van der Waals surface area (Å²) in [6.07, 6.45) is 1.66. The first-order chi connectivity index (χ1) is 12.4. The van der Waals surface area contributed by atoms with Crippen LogP contribution in [0.25, 0.3) is 11.1 Å². The number of primary sulfonamides is 1. The van der Waals surface area contributed by atoms with E-state index in [0.717, 1.165) is 31.7 Å². The summed E-state index contributed by atoms with van der Waals surface area (Å²) in [7, 11) is -3.58. The lowest BCUT2D eigenvalue weighted by atomic mass is 10.1. The fourth-order valence-electron chi connectivity index (χ4n) is 2.68. The summed E-state index contributed by atoms with van der Waals surface area (Å²) in [6.45, 7) is 3.37. The molecule has 0 atom stereocenters. The predicted octanol–water partition coefficient (Wildman–Crippen LogP) is 0.393. The van der Waals surface area contributed by atoms with Crippen molar-refractivity contribution in [1.29, 1.82) is 0 Å². The van der Waals surface area contributed by atoms with E-state index in [2.05, 4.69) is 25.5 Å². The molecule has 1 saturated heterocycles. The van der Waals surface area contributed by atoms with Gasteiger partial charge in [0.05, 0.1) is 5.75 Å². The number of rotatable bonds is 6. The topological polar surface area (TPSA) is 113 Å². The molecule has 2 heterocycles. The molecule has 2 aromatic rings. The maximum absolute atomic E-state index is 13.2. The lowest BCUT2D eigenvalue weighted by Gasteiger charge is -2.28. The van der Waals surface area contributed by atoms with Crippen LogP contribution in [0.2, 0.25) is 0 Å². The van der Waals surface area contributed by atoms with E-state index < -0.39 is 10.0 Å². The maximum atomic E-state index is 13.2. The molecule has 0 radical (unpaired) electrons. The Kier molecular flexibility index (Phi) is 5.64. The highest BCUT2D eigenvalue weighted by atomic mass is 32.2. The summed E-state index contributed by atoms with van der Waals surface area (Å²) >= 11 is 0. The highest BCUT2D eigenvalue weighted by molar-refractivity contribution is 7.89. The Morgan fingerprint density at radius 2 is 1.92 bits per heavy atom. The molecule has 0 aliphatic carbocycles. The van der Waals surface area contributed by atoms with Crippen molar-refractivity contribution >= 4 is 21.8 Å². The van der Waals surface area contributed by atoms with Gasteiger partial charge in [0, 0.05) is 44.5 Å². The van der Waals surface area contributed by atoms with Gasteiger partial charge in [-0.3, -0.25) is 0 Å². The molecule has 1 aliphatic heterocycles. The highest BCUT2D eigenvalue weighted by Gasteiger charge is 2.16. The molecule has 140 valence electrons. The summed E-state index contributed by atoms with van der Waals surface area (Å²) in [5.74, 6) is 0.498. The quantitative estimate of drug-likeness (QED) is 0.664. The van der Waals surface area contributed by atoms with Crippen LogP contribution in [-0.4, -0.2) is 56.9 Å². The standard InChI is InChI=1S/C16H21FN6O2S/c17-13-3-1-12(2-4-13)14-11-21-16(23-8-5-19-6-9-23)22-15(14)20-7-10-26(18,24)25/h1-4,11,19H,5-10H2,(H2,18,24,25)(H,20,21,22). The number of nitrogens with one attached hydrogen (secondary N) is 2. The minimum Gasteiger partial charge on any atom is -0.368 e. The van der Waals surface area contributed by atoms with Crippen molar-refractivity contribution in [1.82, 2.24) is 15.3 Å². The number of halogens is 1. The number of sulfonamides is 1. The van der Waals surface area contributed by atoms with Gasteiger partial charge in [-0.05, 0) is 17.7 Å². The summed E-state index contributed by atoms with van der Waals surface area (Å²) in [5.41, 5.74) is 1.40. The number of hydrogen-bond donors (Lipinski definition) is 3. The zero-order valence-electron chi connectivity index (χ0n) is 14.2. The zero-order chi connectivity index (χ0) is 18.6.